The van der Waals surface area contributed by atoms with Crippen LogP contribution in [0.1, 0.15) is 24.2 Å². The van der Waals surface area contributed by atoms with E-state index >= 15 is 0 Å². The van der Waals surface area contributed by atoms with Crippen molar-refractivity contribution >= 4 is 16.6 Å². The minimum atomic E-state index is 0.276. The fourth-order valence-corrected chi connectivity index (χ4v) is 2.71. The molecule has 0 spiro atoms. The second kappa shape index (κ2) is 4.81. The van der Waals surface area contributed by atoms with Gasteiger partial charge in [-0.05, 0) is 32.0 Å². The number of aromatic nitrogens is 1. The molecule has 0 amide bonds. The van der Waals surface area contributed by atoms with Gasteiger partial charge in [0.1, 0.15) is 0 Å². The van der Waals surface area contributed by atoms with E-state index in [0.717, 1.165) is 5.69 Å². The van der Waals surface area contributed by atoms with Crippen LogP contribution in [0.25, 0.3) is 10.9 Å². The fourth-order valence-electron chi connectivity index (χ4n) is 2.71. The van der Waals surface area contributed by atoms with Gasteiger partial charge < -0.3 is 10.3 Å². The van der Waals surface area contributed by atoms with Crippen LogP contribution in [-0.2, 0) is 0 Å². The van der Waals surface area contributed by atoms with Crippen LogP contribution in [0.4, 0.5) is 5.69 Å². The number of anilines is 1. The average Bonchev–Trinajstić information content (AvgIpc) is 2.75. The molecule has 0 saturated heterocycles. The summed E-state index contributed by atoms with van der Waals surface area (Å²) >= 11 is 0. The van der Waals surface area contributed by atoms with Crippen molar-refractivity contribution in [2.75, 3.05) is 5.32 Å². The molecule has 0 aliphatic heterocycles. The third kappa shape index (κ3) is 2.22. The van der Waals surface area contributed by atoms with E-state index in [-0.39, 0.29) is 6.04 Å². The van der Waals surface area contributed by atoms with Gasteiger partial charge in [0, 0.05) is 27.8 Å². The molecular weight excluding hydrogens is 232 g/mol. The van der Waals surface area contributed by atoms with Gasteiger partial charge in [-0.3, -0.25) is 0 Å². The van der Waals surface area contributed by atoms with Crippen molar-refractivity contribution in [2.24, 2.45) is 0 Å². The first-order valence-corrected chi connectivity index (χ1v) is 6.64. The highest BCUT2D eigenvalue weighted by Crippen LogP contribution is 2.29. The summed E-state index contributed by atoms with van der Waals surface area (Å²) in [7, 11) is 0. The van der Waals surface area contributed by atoms with E-state index in [4.69, 9.17) is 0 Å². The van der Waals surface area contributed by atoms with Crippen molar-refractivity contribution in [2.45, 2.75) is 19.9 Å². The third-order valence-electron chi connectivity index (χ3n) is 3.53. The lowest BCUT2D eigenvalue weighted by atomic mass is 10.0. The molecule has 3 aromatic rings. The maximum Gasteiger partial charge on any atom is 0.0509 e. The van der Waals surface area contributed by atoms with Gasteiger partial charge in [0.2, 0.25) is 0 Å². The lowest BCUT2D eigenvalue weighted by molar-refractivity contribution is 0.881. The molecule has 1 atom stereocenters. The standard InChI is InChI=1S/C17H18N2/c1-12(18-14-8-4-3-5-9-14)17-13(2)19-16-11-7-6-10-15(16)17/h3-12,18-19H,1-2H3. The molecule has 2 nitrogen and oxygen atoms in total. The SMILES string of the molecule is Cc1[nH]c2ccccc2c1C(C)Nc1ccccc1. The Morgan fingerprint density at radius 1 is 0.947 bits per heavy atom. The van der Waals surface area contributed by atoms with Crippen molar-refractivity contribution in [3.63, 3.8) is 0 Å². The molecule has 2 aromatic carbocycles. The summed E-state index contributed by atoms with van der Waals surface area (Å²) < 4.78 is 0. The zero-order valence-corrected chi connectivity index (χ0v) is 11.3. The van der Waals surface area contributed by atoms with E-state index in [2.05, 4.69) is 72.7 Å². The van der Waals surface area contributed by atoms with Gasteiger partial charge in [0.25, 0.3) is 0 Å². The van der Waals surface area contributed by atoms with E-state index in [9.17, 15) is 0 Å². The average molecular weight is 250 g/mol. The Bertz CT molecular complexity index is 683. The lowest BCUT2D eigenvalue weighted by Gasteiger charge is -2.16. The second-order valence-corrected chi connectivity index (χ2v) is 4.94. The van der Waals surface area contributed by atoms with Crippen molar-refractivity contribution in [1.82, 2.24) is 4.98 Å². The van der Waals surface area contributed by atoms with E-state index in [0.29, 0.717) is 0 Å². The van der Waals surface area contributed by atoms with Crippen LogP contribution in [0.15, 0.2) is 54.6 Å². The molecule has 0 fully saturated rings. The van der Waals surface area contributed by atoms with Gasteiger partial charge in [0.05, 0.1) is 6.04 Å². The lowest BCUT2D eigenvalue weighted by Crippen LogP contribution is -2.07. The van der Waals surface area contributed by atoms with E-state index < -0.39 is 0 Å². The predicted octanol–water partition coefficient (Wildman–Crippen LogP) is 4.65. The molecule has 1 aromatic heterocycles. The van der Waals surface area contributed by atoms with E-state index in [1.165, 1.54) is 22.2 Å². The predicted molar refractivity (Wildman–Crippen MR) is 81.5 cm³/mol. The number of aryl methyl sites for hydroxylation is 1. The van der Waals surface area contributed by atoms with Gasteiger partial charge in [-0.2, -0.15) is 0 Å². The Morgan fingerprint density at radius 2 is 1.63 bits per heavy atom. The summed E-state index contributed by atoms with van der Waals surface area (Å²) in [5.74, 6) is 0. The molecule has 0 bridgehead atoms. The second-order valence-electron chi connectivity index (χ2n) is 4.94. The third-order valence-corrected chi connectivity index (χ3v) is 3.53. The van der Waals surface area contributed by atoms with E-state index in [1.54, 1.807) is 0 Å². The Hall–Kier alpha value is -2.22. The van der Waals surface area contributed by atoms with Gasteiger partial charge in [-0.25, -0.2) is 0 Å². The maximum atomic E-state index is 3.56. The highest BCUT2D eigenvalue weighted by atomic mass is 14.9. The Kier molecular flexibility index (Phi) is 3.00. The van der Waals surface area contributed by atoms with Gasteiger partial charge >= 0.3 is 0 Å². The topological polar surface area (TPSA) is 27.8 Å². The van der Waals surface area contributed by atoms with Crippen molar-refractivity contribution in [3.8, 4) is 0 Å². The Morgan fingerprint density at radius 3 is 2.42 bits per heavy atom. The molecule has 0 saturated carbocycles. The van der Waals surface area contributed by atoms with Crippen LogP contribution in [0, 0.1) is 6.92 Å². The molecular formula is C17H18N2. The first kappa shape index (κ1) is 11.8. The number of hydrogen-bond acceptors (Lipinski definition) is 1. The molecule has 19 heavy (non-hydrogen) atoms. The van der Waals surface area contributed by atoms with Gasteiger partial charge in [-0.1, -0.05) is 36.4 Å². The minimum Gasteiger partial charge on any atom is -0.378 e. The van der Waals surface area contributed by atoms with Crippen molar-refractivity contribution in [1.29, 1.82) is 0 Å². The number of rotatable bonds is 3. The van der Waals surface area contributed by atoms with Crippen molar-refractivity contribution < 1.29 is 0 Å². The highest BCUT2D eigenvalue weighted by molar-refractivity contribution is 5.85. The molecule has 96 valence electrons. The number of H-pyrrole nitrogens is 1. The highest BCUT2D eigenvalue weighted by Gasteiger charge is 2.14. The molecule has 1 heterocycles. The first-order chi connectivity index (χ1) is 9.25. The fraction of sp³-hybridized carbons (Fsp3) is 0.176. The number of para-hydroxylation sites is 2. The summed E-state index contributed by atoms with van der Waals surface area (Å²) in [5, 5.41) is 4.86. The van der Waals surface area contributed by atoms with Crippen LogP contribution in [-0.4, -0.2) is 4.98 Å². The molecule has 0 aliphatic carbocycles. The molecule has 2 heteroatoms. The maximum absolute atomic E-state index is 3.56. The smallest absolute Gasteiger partial charge is 0.0509 e. The quantitative estimate of drug-likeness (QED) is 0.695. The molecule has 0 radical (unpaired) electrons. The summed E-state index contributed by atoms with van der Waals surface area (Å²) in [6.45, 7) is 4.34. The molecule has 1 unspecified atom stereocenters. The van der Waals surface area contributed by atoms with Crippen LogP contribution in [0.5, 0.6) is 0 Å². The van der Waals surface area contributed by atoms with E-state index in [1.807, 2.05) is 6.07 Å². The molecule has 2 N–H and O–H groups in total. The van der Waals surface area contributed by atoms with Crippen molar-refractivity contribution in [3.05, 3.63) is 65.9 Å². The summed E-state index contributed by atoms with van der Waals surface area (Å²) in [6, 6.07) is 19.1. The van der Waals surface area contributed by atoms with Crippen LogP contribution in [0.3, 0.4) is 0 Å². The summed E-state index contributed by atoms with van der Waals surface area (Å²) in [5.41, 5.74) is 4.94. The summed E-state index contributed by atoms with van der Waals surface area (Å²) in [4.78, 5) is 3.45. The van der Waals surface area contributed by atoms with Crippen LogP contribution < -0.4 is 5.32 Å². The largest absolute Gasteiger partial charge is 0.378 e. The number of aromatic amines is 1. The molecule has 3 rings (SSSR count). The zero-order valence-electron chi connectivity index (χ0n) is 11.3. The first-order valence-electron chi connectivity index (χ1n) is 6.64. The zero-order chi connectivity index (χ0) is 13.2. The normalized spacial score (nSPS) is 12.5. The minimum absolute atomic E-state index is 0.276. The molecule has 0 aliphatic rings. The van der Waals surface area contributed by atoms with Gasteiger partial charge in [0.15, 0.2) is 0 Å². The number of fused-ring (bicyclic) bond motifs is 1. The Labute approximate surface area is 113 Å². The van der Waals surface area contributed by atoms with Gasteiger partial charge in [-0.15, -0.1) is 0 Å². The number of nitrogens with one attached hydrogen (secondary N) is 2. The number of benzene rings is 2. The Balaban J connectivity index is 1.97. The summed E-state index contributed by atoms with van der Waals surface area (Å²) in [6.07, 6.45) is 0. The number of hydrogen-bond donors (Lipinski definition) is 2. The monoisotopic (exact) mass is 250 g/mol. The van der Waals surface area contributed by atoms with Crippen LogP contribution >= 0.6 is 0 Å². The van der Waals surface area contributed by atoms with Crippen LogP contribution in [0.2, 0.25) is 0 Å².